The topological polar surface area (TPSA) is 42.0 Å². The highest BCUT2D eigenvalue weighted by Crippen LogP contribution is 2.18. The van der Waals surface area contributed by atoms with E-state index >= 15 is 0 Å². The first-order chi connectivity index (χ1) is 9.08. The third-order valence-electron chi connectivity index (χ3n) is 2.92. The highest BCUT2D eigenvalue weighted by Gasteiger charge is 2.11. The Hall–Kier alpha value is -1.61. The molecule has 1 atom stereocenters. The number of aromatic nitrogens is 1. The highest BCUT2D eigenvalue weighted by molar-refractivity contribution is 6.20. The molecule has 0 aliphatic heterocycles. The maximum absolute atomic E-state index is 12.2. The molecule has 19 heavy (non-hydrogen) atoms. The third kappa shape index (κ3) is 3.44. The quantitative estimate of drug-likeness (QED) is 0.871. The Morgan fingerprint density at radius 3 is 2.89 bits per heavy atom. The molecule has 0 bridgehead atoms. The van der Waals surface area contributed by atoms with Gasteiger partial charge in [0.25, 0.3) is 5.91 Å². The van der Waals surface area contributed by atoms with Gasteiger partial charge in [-0.3, -0.25) is 9.78 Å². The van der Waals surface area contributed by atoms with Crippen LogP contribution in [0.3, 0.4) is 0 Å². The number of hydrogen-bond donors (Lipinski definition) is 1. The maximum atomic E-state index is 12.2. The lowest BCUT2D eigenvalue weighted by Crippen LogP contribution is -2.26. The van der Waals surface area contributed by atoms with Crippen LogP contribution in [-0.2, 0) is 0 Å². The molecule has 0 spiro atoms. The van der Waals surface area contributed by atoms with Gasteiger partial charge in [0.15, 0.2) is 0 Å². The summed E-state index contributed by atoms with van der Waals surface area (Å²) in [6.45, 7) is 4.39. The molecule has 0 saturated heterocycles. The fourth-order valence-electron chi connectivity index (χ4n) is 1.98. The van der Waals surface area contributed by atoms with Crippen molar-refractivity contribution in [1.82, 2.24) is 10.3 Å². The summed E-state index contributed by atoms with van der Waals surface area (Å²) in [5.41, 5.74) is 2.36. The number of alkyl halides is 1. The maximum Gasteiger partial charge on any atom is 0.252 e. The molecule has 0 aliphatic rings. The molecule has 100 valence electrons. The van der Waals surface area contributed by atoms with Crippen molar-refractivity contribution in [2.24, 2.45) is 0 Å². The van der Waals surface area contributed by atoms with E-state index in [0.717, 1.165) is 23.0 Å². The molecule has 3 nitrogen and oxygen atoms in total. The van der Waals surface area contributed by atoms with Crippen LogP contribution in [-0.4, -0.2) is 22.8 Å². The molecule has 1 N–H and O–H groups in total. The Morgan fingerprint density at radius 1 is 1.42 bits per heavy atom. The minimum atomic E-state index is -0.0704. The number of halogens is 1. The van der Waals surface area contributed by atoms with Crippen LogP contribution >= 0.6 is 11.6 Å². The molecule has 1 heterocycles. The average molecular weight is 277 g/mol. The van der Waals surface area contributed by atoms with Crippen molar-refractivity contribution in [3.8, 4) is 0 Å². The van der Waals surface area contributed by atoms with Crippen LogP contribution in [0, 0.1) is 6.92 Å². The molecule has 0 aliphatic carbocycles. The summed E-state index contributed by atoms with van der Waals surface area (Å²) in [5, 5.41) is 3.84. The Morgan fingerprint density at radius 2 is 2.16 bits per heavy atom. The molecule has 1 amide bonds. The van der Waals surface area contributed by atoms with Crippen LogP contribution < -0.4 is 5.32 Å². The van der Waals surface area contributed by atoms with Crippen molar-refractivity contribution < 1.29 is 4.79 Å². The predicted molar refractivity (Wildman–Crippen MR) is 78.7 cm³/mol. The molecule has 2 rings (SSSR count). The number of carbonyl (C=O) groups excluding carboxylic acids is 1. The van der Waals surface area contributed by atoms with E-state index in [1.165, 1.54) is 0 Å². The first-order valence-electron chi connectivity index (χ1n) is 6.36. The van der Waals surface area contributed by atoms with E-state index in [9.17, 15) is 4.79 Å². The molecule has 1 aromatic carbocycles. The van der Waals surface area contributed by atoms with Gasteiger partial charge in [-0.25, -0.2) is 0 Å². The first kappa shape index (κ1) is 13.8. The Balaban J connectivity index is 2.26. The Labute approximate surface area is 118 Å². The SMILES string of the molecule is Cc1cc(C(=O)NCCC(C)Cl)c2ccccc2n1. The third-order valence-corrected chi connectivity index (χ3v) is 3.13. The summed E-state index contributed by atoms with van der Waals surface area (Å²) in [6, 6.07) is 9.49. The lowest BCUT2D eigenvalue weighted by atomic mass is 10.1. The smallest absolute Gasteiger partial charge is 0.252 e. The Bertz CT molecular complexity index is 596. The second-order valence-electron chi connectivity index (χ2n) is 4.65. The minimum absolute atomic E-state index is 0.0659. The summed E-state index contributed by atoms with van der Waals surface area (Å²) in [5.74, 6) is -0.0704. The fourth-order valence-corrected chi connectivity index (χ4v) is 2.08. The molecule has 0 fully saturated rings. The number of rotatable bonds is 4. The van der Waals surface area contributed by atoms with E-state index in [1.807, 2.05) is 44.2 Å². The molecule has 4 heteroatoms. The van der Waals surface area contributed by atoms with E-state index in [2.05, 4.69) is 10.3 Å². The zero-order valence-electron chi connectivity index (χ0n) is 11.1. The van der Waals surface area contributed by atoms with Crippen molar-refractivity contribution in [1.29, 1.82) is 0 Å². The summed E-state index contributed by atoms with van der Waals surface area (Å²) in [7, 11) is 0. The Kier molecular flexibility index (Phi) is 4.38. The van der Waals surface area contributed by atoms with Crippen molar-refractivity contribution in [2.75, 3.05) is 6.54 Å². The zero-order valence-corrected chi connectivity index (χ0v) is 11.9. The van der Waals surface area contributed by atoms with Gasteiger partial charge in [0.05, 0.1) is 11.1 Å². The average Bonchev–Trinajstić information content (AvgIpc) is 2.37. The van der Waals surface area contributed by atoms with Crippen LogP contribution in [0.2, 0.25) is 0 Å². The van der Waals surface area contributed by atoms with Gasteiger partial charge in [-0.05, 0) is 32.4 Å². The van der Waals surface area contributed by atoms with Crippen molar-refractivity contribution in [3.63, 3.8) is 0 Å². The lowest BCUT2D eigenvalue weighted by Gasteiger charge is -2.09. The van der Waals surface area contributed by atoms with Crippen LogP contribution in [0.5, 0.6) is 0 Å². The number of para-hydroxylation sites is 1. The van der Waals surface area contributed by atoms with Crippen molar-refractivity contribution in [2.45, 2.75) is 25.6 Å². The number of benzene rings is 1. The molecule has 1 aromatic heterocycles. The monoisotopic (exact) mass is 276 g/mol. The van der Waals surface area contributed by atoms with E-state index in [-0.39, 0.29) is 11.3 Å². The molecular formula is C15H17ClN2O. The molecule has 2 aromatic rings. The summed E-state index contributed by atoms with van der Waals surface area (Å²) >= 11 is 5.87. The van der Waals surface area contributed by atoms with Crippen LogP contribution in [0.1, 0.15) is 29.4 Å². The van der Waals surface area contributed by atoms with E-state index < -0.39 is 0 Å². The standard InChI is InChI=1S/C15H17ClN2O/c1-10(16)7-8-17-15(19)13-9-11(2)18-14-6-4-3-5-12(13)14/h3-6,9-10H,7-8H2,1-2H3,(H,17,19). The number of carbonyl (C=O) groups is 1. The van der Waals surface area contributed by atoms with E-state index in [1.54, 1.807) is 0 Å². The number of pyridine rings is 1. The van der Waals surface area contributed by atoms with Gasteiger partial charge in [-0.15, -0.1) is 11.6 Å². The first-order valence-corrected chi connectivity index (χ1v) is 6.80. The van der Waals surface area contributed by atoms with Crippen molar-refractivity contribution in [3.05, 3.63) is 41.6 Å². The van der Waals surface area contributed by atoms with Gasteiger partial charge in [-0.1, -0.05) is 18.2 Å². The van der Waals surface area contributed by atoms with Crippen LogP contribution in [0.25, 0.3) is 10.9 Å². The molecule has 0 radical (unpaired) electrons. The van der Waals surface area contributed by atoms with Crippen LogP contribution in [0.15, 0.2) is 30.3 Å². The van der Waals surface area contributed by atoms with E-state index in [4.69, 9.17) is 11.6 Å². The second kappa shape index (κ2) is 6.02. The number of nitrogens with one attached hydrogen (secondary N) is 1. The van der Waals surface area contributed by atoms with Gasteiger partial charge in [0.1, 0.15) is 0 Å². The summed E-state index contributed by atoms with van der Waals surface area (Å²) in [6.07, 6.45) is 0.759. The number of hydrogen-bond acceptors (Lipinski definition) is 2. The van der Waals surface area contributed by atoms with E-state index in [0.29, 0.717) is 12.1 Å². The highest BCUT2D eigenvalue weighted by atomic mass is 35.5. The minimum Gasteiger partial charge on any atom is -0.352 e. The predicted octanol–water partition coefficient (Wildman–Crippen LogP) is 3.29. The largest absolute Gasteiger partial charge is 0.352 e. The van der Waals surface area contributed by atoms with Gasteiger partial charge < -0.3 is 5.32 Å². The number of amides is 1. The normalized spacial score (nSPS) is 12.4. The second-order valence-corrected chi connectivity index (χ2v) is 5.40. The van der Waals surface area contributed by atoms with Gasteiger partial charge in [0, 0.05) is 23.0 Å². The zero-order chi connectivity index (χ0) is 13.8. The molecular weight excluding hydrogens is 260 g/mol. The van der Waals surface area contributed by atoms with Gasteiger partial charge >= 0.3 is 0 Å². The molecule has 0 saturated carbocycles. The van der Waals surface area contributed by atoms with Gasteiger partial charge in [0.2, 0.25) is 0 Å². The lowest BCUT2D eigenvalue weighted by molar-refractivity contribution is 0.0955. The number of fused-ring (bicyclic) bond motifs is 1. The number of aryl methyl sites for hydroxylation is 1. The molecule has 1 unspecified atom stereocenters. The van der Waals surface area contributed by atoms with Crippen molar-refractivity contribution >= 4 is 28.4 Å². The fraction of sp³-hybridized carbons (Fsp3) is 0.333. The summed E-state index contributed by atoms with van der Waals surface area (Å²) in [4.78, 5) is 16.6. The van der Waals surface area contributed by atoms with Crippen LogP contribution in [0.4, 0.5) is 0 Å². The number of nitrogens with zero attached hydrogens (tertiary/aromatic N) is 1. The van der Waals surface area contributed by atoms with Gasteiger partial charge in [-0.2, -0.15) is 0 Å². The summed E-state index contributed by atoms with van der Waals surface area (Å²) < 4.78 is 0.